The Labute approximate surface area is 141 Å². The molecule has 122 valence electrons. The average Bonchev–Trinajstić information content (AvgIpc) is 3.13. The Bertz CT molecular complexity index is 782. The van der Waals surface area contributed by atoms with Gasteiger partial charge in [-0.1, -0.05) is 48.5 Å². The normalized spacial score (nSPS) is 10.5. The maximum atomic E-state index is 12.9. The highest BCUT2D eigenvalue weighted by Crippen LogP contribution is 2.19. The predicted molar refractivity (Wildman–Crippen MR) is 94.9 cm³/mol. The molecule has 0 atom stereocenters. The third kappa shape index (κ3) is 3.73. The minimum absolute atomic E-state index is 0.156. The van der Waals surface area contributed by atoms with Crippen LogP contribution in [0, 0.1) is 0 Å². The van der Waals surface area contributed by atoms with Gasteiger partial charge in [0.25, 0.3) is 5.91 Å². The lowest BCUT2D eigenvalue weighted by Crippen LogP contribution is -2.32. The van der Waals surface area contributed by atoms with Crippen LogP contribution in [0.3, 0.4) is 0 Å². The largest absolute Gasteiger partial charge is 0.455 e. The summed E-state index contributed by atoms with van der Waals surface area (Å²) in [5.74, 6) is 0.763. The Morgan fingerprint density at radius 3 is 2.21 bits per heavy atom. The summed E-state index contributed by atoms with van der Waals surface area (Å²) in [4.78, 5) is 14.6. The van der Waals surface area contributed by atoms with Crippen molar-refractivity contribution in [2.45, 2.75) is 13.0 Å². The van der Waals surface area contributed by atoms with Crippen LogP contribution in [0.25, 0.3) is 0 Å². The predicted octanol–water partition coefficient (Wildman–Crippen LogP) is 3.63. The van der Waals surface area contributed by atoms with Crippen LogP contribution >= 0.6 is 0 Å². The zero-order valence-electron chi connectivity index (χ0n) is 13.4. The van der Waals surface area contributed by atoms with E-state index in [0.717, 1.165) is 12.1 Å². The monoisotopic (exact) mass is 320 g/mol. The van der Waals surface area contributed by atoms with Crippen LogP contribution in [0.2, 0.25) is 0 Å². The van der Waals surface area contributed by atoms with Crippen LogP contribution in [0.15, 0.2) is 77.2 Å². The summed E-state index contributed by atoms with van der Waals surface area (Å²) in [6.07, 6.45) is 0.770. The van der Waals surface area contributed by atoms with Crippen molar-refractivity contribution in [1.82, 2.24) is 0 Å². The first kappa shape index (κ1) is 16.0. The number of hydrogen-bond donors (Lipinski definition) is 1. The molecule has 3 rings (SSSR count). The number of furan rings is 1. The Hall–Kier alpha value is -2.85. The van der Waals surface area contributed by atoms with Gasteiger partial charge in [0.2, 0.25) is 0 Å². The Morgan fingerprint density at radius 1 is 0.917 bits per heavy atom. The van der Waals surface area contributed by atoms with Gasteiger partial charge in [-0.3, -0.25) is 4.79 Å². The molecule has 1 aromatic heterocycles. The van der Waals surface area contributed by atoms with Gasteiger partial charge in [0.05, 0.1) is 6.54 Å². The molecule has 4 heteroatoms. The summed E-state index contributed by atoms with van der Waals surface area (Å²) in [5.41, 5.74) is 7.61. The van der Waals surface area contributed by atoms with Crippen LogP contribution in [-0.4, -0.2) is 12.5 Å². The van der Waals surface area contributed by atoms with Crippen molar-refractivity contribution in [2.75, 3.05) is 11.4 Å². The molecule has 0 saturated carbocycles. The molecule has 0 fully saturated rings. The third-order valence-electron chi connectivity index (χ3n) is 3.85. The van der Waals surface area contributed by atoms with E-state index in [1.165, 1.54) is 5.56 Å². The SMILES string of the molecule is NCc1ccc(C(=O)N(CCc2ccccc2)c2ccccc2)o1. The second-order valence-corrected chi connectivity index (χ2v) is 5.50. The molecule has 2 N–H and O–H groups in total. The molecule has 0 saturated heterocycles. The molecule has 2 aromatic carbocycles. The van der Waals surface area contributed by atoms with Crippen LogP contribution in [0.5, 0.6) is 0 Å². The number of benzene rings is 2. The van der Waals surface area contributed by atoms with E-state index in [1.807, 2.05) is 48.5 Å². The van der Waals surface area contributed by atoms with E-state index in [-0.39, 0.29) is 12.5 Å². The minimum atomic E-state index is -0.156. The minimum Gasteiger partial charge on any atom is -0.455 e. The van der Waals surface area contributed by atoms with Gasteiger partial charge in [0.15, 0.2) is 5.76 Å². The van der Waals surface area contributed by atoms with Crippen LogP contribution in [0.1, 0.15) is 21.9 Å². The van der Waals surface area contributed by atoms with Gasteiger partial charge in [-0.15, -0.1) is 0 Å². The molecule has 0 aliphatic carbocycles. The fourth-order valence-electron chi connectivity index (χ4n) is 2.58. The molecule has 4 nitrogen and oxygen atoms in total. The van der Waals surface area contributed by atoms with Gasteiger partial charge in [-0.05, 0) is 36.2 Å². The van der Waals surface area contributed by atoms with E-state index in [0.29, 0.717) is 18.1 Å². The smallest absolute Gasteiger partial charge is 0.293 e. The first-order valence-corrected chi connectivity index (χ1v) is 7.97. The Morgan fingerprint density at radius 2 is 1.58 bits per heavy atom. The maximum Gasteiger partial charge on any atom is 0.293 e. The number of anilines is 1. The number of nitrogens with zero attached hydrogens (tertiary/aromatic N) is 1. The van der Waals surface area contributed by atoms with Gasteiger partial charge >= 0.3 is 0 Å². The van der Waals surface area contributed by atoms with Gasteiger partial charge in [0.1, 0.15) is 5.76 Å². The molecule has 0 radical (unpaired) electrons. The fourth-order valence-corrected chi connectivity index (χ4v) is 2.58. The quantitative estimate of drug-likeness (QED) is 0.754. The molecule has 0 spiro atoms. The lowest BCUT2D eigenvalue weighted by Gasteiger charge is -2.22. The highest BCUT2D eigenvalue weighted by molar-refractivity contribution is 6.04. The van der Waals surface area contributed by atoms with Crippen molar-refractivity contribution in [1.29, 1.82) is 0 Å². The average molecular weight is 320 g/mol. The summed E-state index contributed by atoms with van der Waals surface area (Å²) in [7, 11) is 0. The highest BCUT2D eigenvalue weighted by atomic mass is 16.4. The molecular formula is C20H20N2O2. The first-order valence-electron chi connectivity index (χ1n) is 7.97. The van der Waals surface area contributed by atoms with Crippen LogP contribution in [0.4, 0.5) is 5.69 Å². The summed E-state index contributed by atoms with van der Waals surface area (Å²) in [6, 6.07) is 23.2. The number of nitrogens with two attached hydrogens (primary N) is 1. The van der Waals surface area contributed by atoms with Crippen molar-refractivity contribution in [3.05, 3.63) is 89.9 Å². The summed E-state index contributed by atoms with van der Waals surface area (Å²) >= 11 is 0. The molecule has 0 aliphatic rings. The molecule has 1 amide bonds. The van der Waals surface area contributed by atoms with E-state index in [2.05, 4.69) is 12.1 Å². The molecule has 1 heterocycles. The number of para-hydroxylation sites is 1. The zero-order valence-corrected chi connectivity index (χ0v) is 13.4. The first-order chi connectivity index (χ1) is 11.8. The highest BCUT2D eigenvalue weighted by Gasteiger charge is 2.20. The summed E-state index contributed by atoms with van der Waals surface area (Å²) < 4.78 is 5.53. The number of amides is 1. The van der Waals surface area contributed by atoms with E-state index in [1.54, 1.807) is 17.0 Å². The van der Waals surface area contributed by atoms with E-state index >= 15 is 0 Å². The molecule has 0 bridgehead atoms. The van der Waals surface area contributed by atoms with Gasteiger partial charge in [-0.25, -0.2) is 0 Å². The van der Waals surface area contributed by atoms with Crippen LogP contribution in [-0.2, 0) is 13.0 Å². The third-order valence-corrected chi connectivity index (χ3v) is 3.85. The van der Waals surface area contributed by atoms with Gasteiger partial charge < -0.3 is 15.1 Å². The molecule has 3 aromatic rings. The Kier molecular flexibility index (Phi) is 5.08. The van der Waals surface area contributed by atoms with E-state index < -0.39 is 0 Å². The van der Waals surface area contributed by atoms with Crippen molar-refractivity contribution in [3.8, 4) is 0 Å². The topological polar surface area (TPSA) is 59.5 Å². The molecule has 0 aliphatic heterocycles. The van der Waals surface area contributed by atoms with Gasteiger partial charge in [0, 0.05) is 12.2 Å². The van der Waals surface area contributed by atoms with Crippen molar-refractivity contribution >= 4 is 11.6 Å². The zero-order chi connectivity index (χ0) is 16.8. The Balaban J connectivity index is 1.83. The lowest BCUT2D eigenvalue weighted by molar-refractivity contribution is 0.0959. The van der Waals surface area contributed by atoms with Crippen molar-refractivity contribution in [2.24, 2.45) is 5.73 Å². The van der Waals surface area contributed by atoms with Crippen LogP contribution < -0.4 is 10.6 Å². The molecule has 24 heavy (non-hydrogen) atoms. The van der Waals surface area contributed by atoms with Crippen molar-refractivity contribution in [3.63, 3.8) is 0 Å². The fraction of sp³-hybridized carbons (Fsp3) is 0.150. The van der Waals surface area contributed by atoms with E-state index in [4.69, 9.17) is 10.2 Å². The maximum absolute atomic E-state index is 12.9. The number of carbonyl (C=O) groups excluding carboxylic acids is 1. The number of hydrogen-bond acceptors (Lipinski definition) is 3. The lowest BCUT2D eigenvalue weighted by atomic mass is 10.1. The van der Waals surface area contributed by atoms with Crippen molar-refractivity contribution < 1.29 is 9.21 Å². The number of rotatable bonds is 6. The van der Waals surface area contributed by atoms with Gasteiger partial charge in [-0.2, -0.15) is 0 Å². The van der Waals surface area contributed by atoms with E-state index in [9.17, 15) is 4.79 Å². The second-order valence-electron chi connectivity index (χ2n) is 5.50. The molecule has 0 unspecified atom stereocenters. The summed E-state index contributed by atoms with van der Waals surface area (Å²) in [5, 5.41) is 0. The standard InChI is InChI=1S/C20H20N2O2/c21-15-18-11-12-19(24-18)20(23)22(17-9-5-2-6-10-17)14-13-16-7-3-1-4-8-16/h1-12H,13-15,21H2. The summed E-state index contributed by atoms with van der Waals surface area (Å²) in [6.45, 7) is 0.855. The number of carbonyl (C=O) groups is 1. The molecular weight excluding hydrogens is 300 g/mol. The second kappa shape index (κ2) is 7.62.